The van der Waals surface area contributed by atoms with Gasteiger partial charge in [-0.25, -0.2) is 0 Å². The molecule has 0 radical (unpaired) electrons. The Labute approximate surface area is 90.8 Å². The maximum Gasteiger partial charge on any atom is 0.0412 e. The fourth-order valence-corrected chi connectivity index (χ4v) is 1.47. The Morgan fingerprint density at radius 2 is 2.29 bits per heavy atom. The van der Waals surface area contributed by atoms with Crippen LogP contribution in [-0.4, -0.2) is 13.6 Å². The van der Waals surface area contributed by atoms with E-state index in [0.717, 1.165) is 18.0 Å². The standard InChI is InChI=1S/C12H16ClN/c1-10(5-4-8-14-2)11-6-3-7-12(13)9-11/h3,5-7,9,14H,4,8H2,1-2H3. The van der Waals surface area contributed by atoms with E-state index in [-0.39, 0.29) is 0 Å². The van der Waals surface area contributed by atoms with Gasteiger partial charge >= 0.3 is 0 Å². The SMILES string of the molecule is CNCCC=C(C)c1cccc(Cl)c1. The Kier molecular flexibility index (Phi) is 4.71. The molecule has 0 heterocycles. The molecule has 14 heavy (non-hydrogen) atoms. The Morgan fingerprint density at radius 3 is 2.93 bits per heavy atom. The van der Waals surface area contributed by atoms with Crippen LogP contribution in [-0.2, 0) is 0 Å². The third kappa shape index (κ3) is 3.52. The fraction of sp³-hybridized carbons (Fsp3) is 0.333. The van der Waals surface area contributed by atoms with Gasteiger partial charge in [0.1, 0.15) is 0 Å². The third-order valence-electron chi connectivity index (χ3n) is 2.12. The van der Waals surface area contributed by atoms with Crippen molar-refractivity contribution < 1.29 is 0 Å². The predicted octanol–water partition coefficient (Wildman–Crippen LogP) is 3.35. The van der Waals surface area contributed by atoms with E-state index in [0.29, 0.717) is 0 Å². The van der Waals surface area contributed by atoms with E-state index in [2.05, 4.69) is 24.4 Å². The first-order valence-corrected chi connectivity index (χ1v) is 5.19. The maximum absolute atomic E-state index is 5.91. The van der Waals surface area contributed by atoms with Gasteiger partial charge in [-0.05, 0) is 50.2 Å². The lowest BCUT2D eigenvalue weighted by atomic mass is 10.1. The highest BCUT2D eigenvalue weighted by Crippen LogP contribution is 2.18. The quantitative estimate of drug-likeness (QED) is 0.750. The van der Waals surface area contributed by atoms with Crippen molar-refractivity contribution in [3.05, 3.63) is 40.9 Å². The number of allylic oxidation sites excluding steroid dienone is 1. The Bertz CT molecular complexity index is 318. The molecule has 0 amide bonds. The van der Waals surface area contributed by atoms with E-state index in [1.54, 1.807) is 0 Å². The van der Waals surface area contributed by atoms with Crippen molar-refractivity contribution in [2.24, 2.45) is 0 Å². The van der Waals surface area contributed by atoms with Crippen LogP contribution in [0.15, 0.2) is 30.3 Å². The smallest absolute Gasteiger partial charge is 0.0412 e. The molecule has 2 heteroatoms. The van der Waals surface area contributed by atoms with Crippen LogP contribution in [0.3, 0.4) is 0 Å². The topological polar surface area (TPSA) is 12.0 Å². The van der Waals surface area contributed by atoms with Gasteiger partial charge in [-0.2, -0.15) is 0 Å². The van der Waals surface area contributed by atoms with E-state index in [4.69, 9.17) is 11.6 Å². The summed E-state index contributed by atoms with van der Waals surface area (Å²) in [5.74, 6) is 0. The summed E-state index contributed by atoms with van der Waals surface area (Å²) in [6.45, 7) is 3.12. The van der Waals surface area contributed by atoms with Gasteiger partial charge in [-0.3, -0.25) is 0 Å². The third-order valence-corrected chi connectivity index (χ3v) is 2.36. The number of hydrogen-bond acceptors (Lipinski definition) is 1. The van der Waals surface area contributed by atoms with Crippen molar-refractivity contribution in [3.8, 4) is 0 Å². The van der Waals surface area contributed by atoms with Crippen molar-refractivity contribution in [2.45, 2.75) is 13.3 Å². The normalized spacial score (nSPS) is 11.8. The molecule has 1 rings (SSSR count). The summed E-state index contributed by atoms with van der Waals surface area (Å²) in [7, 11) is 1.96. The molecule has 0 saturated heterocycles. The molecule has 0 atom stereocenters. The molecule has 0 unspecified atom stereocenters. The predicted molar refractivity (Wildman–Crippen MR) is 63.6 cm³/mol. The zero-order valence-electron chi connectivity index (χ0n) is 8.68. The lowest BCUT2D eigenvalue weighted by Gasteiger charge is -2.02. The average Bonchev–Trinajstić information content (AvgIpc) is 2.18. The molecule has 0 aliphatic carbocycles. The molecular formula is C12H16ClN. The number of nitrogens with one attached hydrogen (secondary N) is 1. The minimum Gasteiger partial charge on any atom is -0.319 e. The number of halogens is 1. The van der Waals surface area contributed by atoms with Gasteiger partial charge in [0.2, 0.25) is 0 Å². The number of hydrogen-bond donors (Lipinski definition) is 1. The molecule has 1 N–H and O–H groups in total. The van der Waals surface area contributed by atoms with Gasteiger partial charge in [0.25, 0.3) is 0 Å². The summed E-state index contributed by atoms with van der Waals surface area (Å²) in [6, 6.07) is 7.95. The van der Waals surface area contributed by atoms with Gasteiger partial charge in [-0.1, -0.05) is 29.8 Å². The van der Waals surface area contributed by atoms with E-state index in [1.807, 2.05) is 25.2 Å². The van der Waals surface area contributed by atoms with Crippen LogP contribution in [0.5, 0.6) is 0 Å². The van der Waals surface area contributed by atoms with Crippen LogP contribution >= 0.6 is 11.6 Å². The summed E-state index contributed by atoms with van der Waals surface area (Å²) < 4.78 is 0. The zero-order valence-corrected chi connectivity index (χ0v) is 9.43. The van der Waals surface area contributed by atoms with Gasteiger partial charge in [0, 0.05) is 5.02 Å². The highest BCUT2D eigenvalue weighted by atomic mass is 35.5. The van der Waals surface area contributed by atoms with Crippen LogP contribution < -0.4 is 5.32 Å². The van der Waals surface area contributed by atoms with E-state index < -0.39 is 0 Å². The molecule has 1 aromatic carbocycles. The summed E-state index contributed by atoms with van der Waals surface area (Å²) in [5.41, 5.74) is 2.48. The summed E-state index contributed by atoms with van der Waals surface area (Å²) >= 11 is 5.91. The Hall–Kier alpha value is -0.790. The molecule has 0 bridgehead atoms. The maximum atomic E-state index is 5.91. The van der Waals surface area contributed by atoms with Gasteiger partial charge in [0.15, 0.2) is 0 Å². The highest BCUT2D eigenvalue weighted by molar-refractivity contribution is 6.30. The molecule has 76 valence electrons. The second kappa shape index (κ2) is 5.84. The van der Waals surface area contributed by atoms with Crippen molar-refractivity contribution in [3.63, 3.8) is 0 Å². The first-order valence-electron chi connectivity index (χ1n) is 4.81. The van der Waals surface area contributed by atoms with Crippen LogP contribution in [0.2, 0.25) is 5.02 Å². The Morgan fingerprint density at radius 1 is 1.50 bits per heavy atom. The average molecular weight is 210 g/mol. The van der Waals surface area contributed by atoms with E-state index >= 15 is 0 Å². The second-order valence-electron chi connectivity index (χ2n) is 3.29. The molecular weight excluding hydrogens is 194 g/mol. The molecule has 1 aromatic rings. The van der Waals surface area contributed by atoms with Crippen molar-refractivity contribution in [1.29, 1.82) is 0 Å². The lowest BCUT2D eigenvalue weighted by Crippen LogP contribution is -2.05. The van der Waals surface area contributed by atoms with Crippen LogP contribution in [0.4, 0.5) is 0 Å². The van der Waals surface area contributed by atoms with Crippen LogP contribution in [0.25, 0.3) is 5.57 Å². The molecule has 0 aromatic heterocycles. The molecule has 0 aliphatic rings. The molecule has 0 spiro atoms. The monoisotopic (exact) mass is 209 g/mol. The van der Waals surface area contributed by atoms with E-state index in [1.165, 1.54) is 11.1 Å². The van der Waals surface area contributed by atoms with Crippen LogP contribution in [0.1, 0.15) is 18.9 Å². The first-order chi connectivity index (χ1) is 6.74. The van der Waals surface area contributed by atoms with E-state index in [9.17, 15) is 0 Å². The van der Waals surface area contributed by atoms with Gasteiger partial charge in [0.05, 0.1) is 0 Å². The Balaban J connectivity index is 2.68. The van der Waals surface area contributed by atoms with Gasteiger partial charge in [-0.15, -0.1) is 0 Å². The summed E-state index contributed by atoms with van der Waals surface area (Å²) in [5, 5.41) is 3.91. The molecule has 1 nitrogen and oxygen atoms in total. The van der Waals surface area contributed by atoms with Crippen molar-refractivity contribution in [1.82, 2.24) is 5.32 Å². The van der Waals surface area contributed by atoms with Gasteiger partial charge < -0.3 is 5.32 Å². The minimum atomic E-state index is 0.795. The lowest BCUT2D eigenvalue weighted by molar-refractivity contribution is 0.808. The first kappa shape index (κ1) is 11.3. The van der Waals surface area contributed by atoms with Crippen molar-refractivity contribution in [2.75, 3.05) is 13.6 Å². The fourth-order valence-electron chi connectivity index (χ4n) is 1.28. The molecule has 0 fully saturated rings. The van der Waals surface area contributed by atoms with Crippen LogP contribution in [0, 0.1) is 0 Å². The largest absolute Gasteiger partial charge is 0.319 e. The molecule has 0 saturated carbocycles. The zero-order chi connectivity index (χ0) is 10.4. The number of rotatable bonds is 4. The minimum absolute atomic E-state index is 0.795. The second-order valence-corrected chi connectivity index (χ2v) is 3.73. The summed E-state index contributed by atoms with van der Waals surface area (Å²) in [6.07, 6.45) is 3.27. The summed E-state index contributed by atoms with van der Waals surface area (Å²) in [4.78, 5) is 0. The van der Waals surface area contributed by atoms with Crippen molar-refractivity contribution >= 4 is 17.2 Å². The highest BCUT2D eigenvalue weighted by Gasteiger charge is 1.95. The number of benzene rings is 1. The molecule has 0 aliphatic heterocycles.